The third-order valence-electron chi connectivity index (χ3n) is 5.88. The molecule has 0 spiro atoms. The first-order valence-corrected chi connectivity index (χ1v) is 15.2. The van der Waals surface area contributed by atoms with E-state index < -0.39 is 28.5 Å². The Balaban J connectivity index is 2.09. The highest BCUT2D eigenvalue weighted by atomic mass is 35.5. The fraction of sp³-hybridized carbons (Fsp3) is 0.286. The van der Waals surface area contributed by atoms with Crippen LogP contribution in [-0.2, 0) is 32.6 Å². The van der Waals surface area contributed by atoms with Crippen molar-refractivity contribution >= 4 is 62.3 Å². The fourth-order valence-electron chi connectivity index (χ4n) is 4.02. The summed E-state index contributed by atoms with van der Waals surface area (Å²) in [6.07, 6.45) is 1.18. The second-order valence-corrected chi connectivity index (χ2v) is 12.4. The Hall–Kier alpha value is -2.78. The van der Waals surface area contributed by atoms with Crippen molar-refractivity contribution in [2.75, 3.05) is 17.1 Å². The number of hydrogen-bond donors (Lipinski definition) is 1. The lowest BCUT2D eigenvalue weighted by Gasteiger charge is -2.34. The lowest BCUT2D eigenvalue weighted by Crippen LogP contribution is -2.54. The van der Waals surface area contributed by atoms with E-state index in [1.807, 2.05) is 44.2 Å². The molecule has 0 saturated carbocycles. The largest absolute Gasteiger partial charge is 0.352 e. The van der Waals surface area contributed by atoms with Crippen LogP contribution in [0.1, 0.15) is 25.0 Å². The number of halogens is 3. The number of rotatable bonds is 11. The Morgan fingerprint density at radius 1 is 0.872 bits per heavy atom. The van der Waals surface area contributed by atoms with Crippen LogP contribution < -0.4 is 9.62 Å². The highest BCUT2D eigenvalue weighted by Crippen LogP contribution is 2.34. The van der Waals surface area contributed by atoms with Crippen LogP contribution in [0.15, 0.2) is 72.8 Å². The molecule has 208 valence electrons. The molecule has 3 aromatic rings. The summed E-state index contributed by atoms with van der Waals surface area (Å²) in [5, 5.41) is 3.44. The maximum Gasteiger partial charge on any atom is 0.244 e. The Morgan fingerprint density at radius 2 is 1.49 bits per heavy atom. The SMILES string of the molecule is CC(C)NC(=O)[C@@H](Cc1ccccc1)N(Cc1ccccc1Cl)C(=O)CN(c1cccc(Cl)c1Cl)S(C)(=O)=O. The predicted molar refractivity (Wildman–Crippen MR) is 158 cm³/mol. The van der Waals surface area contributed by atoms with Crippen molar-refractivity contribution in [3.63, 3.8) is 0 Å². The molecule has 0 aliphatic carbocycles. The monoisotopic (exact) mass is 609 g/mol. The zero-order valence-corrected chi connectivity index (χ0v) is 24.9. The predicted octanol–water partition coefficient (Wildman–Crippen LogP) is 5.58. The molecule has 0 aliphatic rings. The summed E-state index contributed by atoms with van der Waals surface area (Å²) in [6.45, 7) is 3.01. The second-order valence-electron chi connectivity index (χ2n) is 9.32. The highest BCUT2D eigenvalue weighted by molar-refractivity contribution is 7.92. The minimum Gasteiger partial charge on any atom is -0.352 e. The molecule has 0 fully saturated rings. The number of anilines is 1. The van der Waals surface area contributed by atoms with Crippen LogP contribution in [0.4, 0.5) is 5.69 Å². The van der Waals surface area contributed by atoms with Gasteiger partial charge in [0.1, 0.15) is 12.6 Å². The summed E-state index contributed by atoms with van der Waals surface area (Å²) in [5.41, 5.74) is 1.50. The Kier molecular flexibility index (Phi) is 10.7. The van der Waals surface area contributed by atoms with Crippen LogP contribution in [0.3, 0.4) is 0 Å². The van der Waals surface area contributed by atoms with Crippen molar-refractivity contribution in [1.82, 2.24) is 10.2 Å². The number of benzene rings is 3. The molecule has 0 unspecified atom stereocenters. The summed E-state index contributed by atoms with van der Waals surface area (Å²) >= 11 is 18.9. The fourth-order valence-corrected chi connectivity index (χ4v) is 5.52. The summed E-state index contributed by atoms with van der Waals surface area (Å²) in [6, 6.07) is 19.6. The average Bonchev–Trinajstić information content (AvgIpc) is 2.87. The van der Waals surface area contributed by atoms with E-state index in [1.165, 1.54) is 17.0 Å². The van der Waals surface area contributed by atoms with E-state index in [0.29, 0.717) is 10.6 Å². The van der Waals surface area contributed by atoms with Crippen molar-refractivity contribution in [2.24, 2.45) is 0 Å². The normalized spacial score (nSPS) is 12.2. The first kappa shape index (κ1) is 30.8. The van der Waals surface area contributed by atoms with Gasteiger partial charge in [-0.05, 0) is 43.2 Å². The molecule has 1 N–H and O–H groups in total. The summed E-state index contributed by atoms with van der Waals surface area (Å²) < 4.78 is 26.6. The molecule has 0 saturated heterocycles. The number of carbonyl (C=O) groups is 2. The molecular weight excluding hydrogens is 581 g/mol. The number of nitrogens with zero attached hydrogens (tertiary/aromatic N) is 2. The van der Waals surface area contributed by atoms with Gasteiger partial charge in [-0.25, -0.2) is 8.42 Å². The molecule has 0 heterocycles. The standard InChI is InChI=1S/C28H30Cl3N3O4S/c1-19(2)32-28(36)25(16-20-10-5-4-6-11-20)33(17-21-12-7-8-13-22(21)29)26(35)18-34(39(3,37)38)24-15-9-14-23(30)27(24)31/h4-15,19,25H,16-18H2,1-3H3,(H,32,36)/t25-/m1/s1. The second kappa shape index (κ2) is 13.5. The van der Waals surface area contributed by atoms with E-state index in [2.05, 4.69) is 5.32 Å². The molecule has 0 aromatic heterocycles. The van der Waals surface area contributed by atoms with Gasteiger partial charge in [0, 0.05) is 24.0 Å². The maximum absolute atomic E-state index is 14.0. The number of amides is 2. The molecule has 2 amide bonds. The van der Waals surface area contributed by atoms with Crippen LogP contribution in [0, 0.1) is 0 Å². The zero-order chi connectivity index (χ0) is 28.7. The van der Waals surface area contributed by atoms with E-state index in [0.717, 1.165) is 16.1 Å². The molecule has 7 nitrogen and oxygen atoms in total. The van der Waals surface area contributed by atoms with Crippen LogP contribution in [0.5, 0.6) is 0 Å². The van der Waals surface area contributed by atoms with Gasteiger partial charge in [0.2, 0.25) is 21.8 Å². The highest BCUT2D eigenvalue weighted by Gasteiger charge is 2.34. The van der Waals surface area contributed by atoms with Gasteiger partial charge in [0.15, 0.2) is 0 Å². The van der Waals surface area contributed by atoms with Gasteiger partial charge >= 0.3 is 0 Å². The Labute approximate surface area is 244 Å². The van der Waals surface area contributed by atoms with Gasteiger partial charge in [0.05, 0.1) is 22.0 Å². The Morgan fingerprint density at radius 3 is 2.10 bits per heavy atom. The van der Waals surface area contributed by atoms with Crippen molar-refractivity contribution in [2.45, 2.75) is 38.9 Å². The molecule has 1 atom stereocenters. The molecule has 0 aliphatic heterocycles. The van der Waals surface area contributed by atoms with Gasteiger partial charge in [-0.15, -0.1) is 0 Å². The van der Waals surface area contributed by atoms with Crippen molar-refractivity contribution in [1.29, 1.82) is 0 Å². The smallest absolute Gasteiger partial charge is 0.244 e. The van der Waals surface area contributed by atoms with E-state index in [9.17, 15) is 18.0 Å². The van der Waals surface area contributed by atoms with Gasteiger partial charge in [-0.3, -0.25) is 13.9 Å². The van der Waals surface area contributed by atoms with Gasteiger partial charge < -0.3 is 10.2 Å². The number of nitrogens with one attached hydrogen (secondary N) is 1. The summed E-state index contributed by atoms with van der Waals surface area (Å²) in [5.74, 6) is -0.989. The summed E-state index contributed by atoms with van der Waals surface area (Å²) in [4.78, 5) is 28.9. The van der Waals surface area contributed by atoms with E-state index in [4.69, 9.17) is 34.8 Å². The molecule has 3 aromatic carbocycles. The molecular formula is C28H30Cl3N3O4S. The molecule has 11 heteroatoms. The van der Waals surface area contributed by atoms with Gasteiger partial charge in [-0.1, -0.05) is 89.4 Å². The lowest BCUT2D eigenvalue weighted by atomic mass is 10.0. The van der Waals surface area contributed by atoms with Crippen molar-refractivity contribution < 1.29 is 18.0 Å². The van der Waals surface area contributed by atoms with Gasteiger partial charge in [-0.2, -0.15) is 0 Å². The maximum atomic E-state index is 14.0. The van der Waals surface area contributed by atoms with Crippen LogP contribution >= 0.6 is 34.8 Å². The van der Waals surface area contributed by atoms with Crippen LogP contribution in [-0.4, -0.2) is 50.0 Å². The van der Waals surface area contributed by atoms with Gasteiger partial charge in [0.25, 0.3) is 0 Å². The number of carbonyl (C=O) groups excluding carboxylic acids is 2. The first-order valence-electron chi connectivity index (χ1n) is 12.2. The van der Waals surface area contributed by atoms with E-state index >= 15 is 0 Å². The molecule has 3 rings (SSSR count). The molecule has 0 radical (unpaired) electrons. The zero-order valence-electron chi connectivity index (χ0n) is 21.8. The minimum atomic E-state index is -3.97. The van der Waals surface area contributed by atoms with E-state index in [-0.39, 0.29) is 40.6 Å². The molecule has 39 heavy (non-hydrogen) atoms. The number of sulfonamides is 1. The quantitative estimate of drug-likeness (QED) is 0.307. The third kappa shape index (κ3) is 8.35. The minimum absolute atomic E-state index is 0.00608. The van der Waals surface area contributed by atoms with Crippen molar-refractivity contribution in [3.05, 3.63) is 99.0 Å². The molecule has 0 bridgehead atoms. The van der Waals surface area contributed by atoms with Crippen LogP contribution in [0.2, 0.25) is 15.1 Å². The topological polar surface area (TPSA) is 86.8 Å². The average molecular weight is 611 g/mol. The first-order chi connectivity index (χ1) is 18.4. The van der Waals surface area contributed by atoms with Crippen LogP contribution in [0.25, 0.3) is 0 Å². The van der Waals surface area contributed by atoms with E-state index in [1.54, 1.807) is 30.3 Å². The Bertz CT molecular complexity index is 1420. The third-order valence-corrected chi connectivity index (χ3v) is 8.18. The van der Waals surface area contributed by atoms with Crippen molar-refractivity contribution in [3.8, 4) is 0 Å². The lowest BCUT2D eigenvalue weighted by molar-refractivity contribution is -0.140. The number of hydrogen-bond acceptors (Lipinski definition) is 4. The summed E-state index contributed by atoms with van der Waals surface area (Å²) in [7, 11) is -3.97.